The van der Waals surface area contributed by atoms with Gasteiger partial charge >= 0.3 is 5.97 Å². The molecule has 1 aromatic carbocycles. The summed E-state index contributed by atoms with van der Waals surface area (Å²) < 4.78 is 4.91. The molecule has 0 fully saturated rings. The van der Waals surface area contributed by atoms with Crippen molar-refractivity contribution in [1.29, 1.82) is 0 Å². The van der Waals surface area contributed by atoms with Crippen molar-refractivity contribution in [2.45, 2.75) is 32.7 Å². The van der Waals surface area contributed by atoms with Crippen LogP contribution in [0.5, 0.6) is 0 Å². The number of amides is 1. The molecule has 5 nitrogen and oxygen atoms in total. The zero-order chi connectivity index (χ0) is 16.1. The van der Waals surface area contributed by atoms with Crippen molar-refractivity contribution in [1.82, 2.24) is 10.3 Å². The number of carbonyl (C=O) groups is 2. The number of nitrogens with one attached hydrogen (secondary N) is 2. The summed E-state index contributed by atoms with van der Waals surface area (Å²) in [4.78, 5) is 26.8. The van der Waals surface area contributed by atoms with E-state index in [1.54, 1.807) is 25.1 Å². The Morgan fingerprint density at radius 1 is 1.32 bits per heavy atom. The van der Waals surface area contributed by atoms with Crippen molar-refractivity contribution < 1.29 is 14.3 Å². The van der Waals surface area contributed by atoms with Crippen LogP contribution in [-0.4, -0.2) is 29.5 Å². The lowest BCUT2D eigenvalue weighted by Crippen LogP contribution is -2.36. The molecule has 0 spiro atoms. The molecule has 2 N–H and O–H groups in total. The molecule has 0 aliphatic heterocycles. The summed E-state index contributed by atoms with van der Waals surface area (Å²) in [6.07, 6.45) is 0.818. The first-order valence-corrected chi connectivity index (χ1v) is 7.66. The monoisotopic (exact) mass is 322 g/mol. The lowest BCUT2D eigenvalue weighted by atomic mass is 10.1. The largest absolute Gasteiger partial charge is 0.466 e. The third-order valence-corrected chi connectivity index (χ3v) is 3.61. The first kappa shape index (κ1) is 16.4. The fourth-order valence-electron chi connectivity index (χ4n) is 2.21. The van der Waals surface area contributed by atoms with Crippen LogP contribution >= 0.6 is 11.6 Å². The van der Waals surface area contributed by atoms with E-state index in [0.717, 1.165) is 10.9 Å². The van der Waals surface area contributed by atoms with E-state index in [1.807, 2.05) is 13.0 Å². The van der Waals surface area contributed by atoms with Crippen LogP contribution in [0.25, 0.3) is 10.9 Å². The highest BCUT2D eigenvalue weighted by atomic mass is 35.5. The normalized spacial score (nSPS) is 12.1. The van der Waals surface area contributed by atoms with Crippen molar-refractivity contribution in [2.24, 2.45) is 0 Å². The van der Waals surface area contributed by atoms with E-state index in [0.29, 0.717) is 23.7 Å². The number of benzene rings is 1. The van der Waals surface area contributed by atoms with Crippen LogP contribution in [0.4, 0.5) is 0 Å². The number of halogens is 1. The summed E-state index contributed by atoms with van der Waals surface area (Å²) >= 11 is 5.94. The van der Waals surface area contributed by atoms with Crippen LogP contribution in [0, 0.1) is 0 Å². The Bertz CT molecular complexity index is 681. The number of fused-ring (bicyclic) bond motifs is 1. The first-order chi connectivity index (χ1) is 10.5. The van der Waals surface area contributed by atoms with Crippen LogP contribution in [0.15, 0.2) is 24.3 Å². The predicted molar refractivity (Wildman–Crippen MR) is 86.1 cm³/mol. The highest BCUT2D eigenvalue weighted by Gasteiger charge is 2.17. The van der Waals surface area contributed by atoms with Gasteiger partial charge in [-0.25, -0.2) is 0 Å². The minimum absolute atomic E-state index is 0.169. The minimum atomic E-state index is -0.307. The molecule has 1 unspecified atom stereocenters. The fourth-order valence-corrected chi connectivity index (χ4v) is 2.39. The molecule has 0 radical (unpaired) electrons. The quantitative estimate of drug-likeness (QED) is 0.802. The van der Waals surface area contributed by atoms with Crippen LogP contribution in [0.3, 0.4) is 0 Å². The number of carbonyl (C=O) groups excluding carboxylic acids is 2. The minimum Gasteiger partial charge on any atom is -0.466 e. The Kier molecular flexibility index (Phi) is 5.44. The Labute approximate surface area is 134 Å². The highest BCUT2D eigenvalue weighted by molar-refractivity contribution is 6.31. The first-order valence-electron chi connectivity index (χ1n) is 7.28. The van der Waals surface area contributed by atoms with Gasteiger partial charge in [-0.2, -0.15) is 0 Å². The maximum absolute atomic E-state index is 12.3. The topological polar surface area (TPSA) is 71.2 Å². The molecule has 6 heteroatoms. The molecule has 22 heavy (non-hydrogen) atoms. The van der Waals surface area contributed by atoms with E-state index in [9.17, 15) is 9.59 Å². The molecular weight excluding hydrogens is 304 g/mol. The predicted octanol–water partition coefficient (Wildman–Crippen LogP) is 3.28. The number of aromatic nitrogens is 1. The second kappa shape index (κ2) is 7.31. The van der Waals surface area contributed by atoms with Crippen LogP contribution in [-0.2, 0) is 9.53 Å². The zero-order valence-corrected chi connectivity index (χ0v) is 13.4. The SMILES string of the molecule is CCOC(=O)CC(CC)NC(=O)c1cc2cc(Cl)ccc2[nH]1. The van der Waals surface area contributed by atoms with Gasteiger partial charge in [-0.05, 0) is 37.6 Å². The number of ether oxygens (including phenoxy) is 1. The van der Waals surface area contributed by atoms with Crippen LogP contribution in [0.2, 0.25) is 5.02 Å². The number of hydrogen-bond donors (Lipinski definition) is 2. The van der Waals surface area contributed by atoms with Gasteiger partial charge in [0.1, 0.15) is 5.69 Å². The van der Waals surface area contributed by atoms with Gasteiger partial charge in [0, 0.05) is 22.0 Å². The van der Waals surface area contributed by atoms with Gasteiger partial charge < -0.3 is 15.0 Å². The molecule has 0 saturated carbocycles. The summed E-state index contributed by atoms with van der Waals surface area (Å²) in [6.45, 7) is 4.01. The maximum Gasteiger partial charge on any atom is 0.307 e. The van der Waals surface area contributed by atoms with Gasteiger partial charge in [-0.3, -0.25) is 9.59 Å². The molecule has 0 aliphatic carbocycles. The number of aromatic amines is 1. The molecule has 1 aromatic heterocycles. The van der Waals surface area contributed by atoms with Crippen molar-refractivity contribution in [2.75, 3.05) is 6.61 Å². The molecular formula is C16H19ClN2O3. The molecule has 0 saturated heterocycles. The van der Waals surface area contributed by atoms with Gasteiger partial charge in [-0.1, -0.05) is 18.5 Å². The van der Waals surface area contributed by atoms with E-state index < -0.39 is 0 Å². The zero-order valence-electron chi connectivity index (χ0n) is 12.6. The third-order valence-electron chi connectivity index (χ3n) is 3.37. The molecule has 1 atom stereocenters. The van der Waals surface area contributed by atoms with Gasteiger partial charge in [-0.15, -0.1) is 0 Å². The second-order valence-corrected chi connectivity index (χ2v) is 5.44. The molecule has 118 valence electrons. The summed E-state index contributed by atoms with van der Waals surface area (Å²) in [5.74, 6) is -0.554. The van der Waals surface area contributed by atoms with Gasteiger partial charge in [0.15, 0.2) is 0 Å². The van der Waals surface area contributed by atoms with Crippen molar-refractivity contribution in [3.05, 3.63) is 35.0 Å². The molecule has 2 aromatic rings. The number of H-pyrrole nitrogens is 1. The summed E-state index contributed by atoms with van der Waals surface area (Å²) in [5.41, 5.74) is 1.28. The Morgan fingerprint density at radius 2 is 2.09 bits per heavy atom. The van der Waals surface area contributed by atoms with E-state index in [2.05, 4.69) is 10.3 Å². The fraction of sp³-hybridized carbons (Fsp3) is 0.375. The average Bonchev–Trinajstić information content (AvgIpc) is 2.89. The Morgan fingerprint density at radius 3 is 2.77 bits per heavy atom. The Hall–Kier alpha value is -2.01. The smallest absolute Gasteiger partial charge is 0.307 e. The lowest BCUT2D eigenvalue weighted by Gasteiger charge is -2.15. The van der Waals surface area contributed by atoms with E-state index in [1.165, 1.54) is 0 Å². The maximum atomic E-state index is 12.3. The lowest BCUT2D eigenvalue weighted by molar-refractivity contribution is -0.143. The number of rotatable bonds is 6. The van der Waals surface area contributed by atoms with Crippen LogP contribution < -0.4 is 5.32 Å². The molecule has 1 amide bonds. The van der Waals surface area contributed by atoms with E-state index in [-0.39, 0.29) is 24.3 Å². The molecule has 0 bridgehead atoms. The van der Waals surface area contributed by atoms with Crippen molar-refractivity contribution in [3.8, 4) is 0 Å². The summed E-state index contributed by atoms with van der Waals surface area (Å²) in [5, 5.41) is 4.33. The van der Waals surface area contributed by atoms with E-state index >= 15 is 0 Å². The van der Waals surface area contributed by atoms with Crippen molar-refractivity contribution in [3.63, 3.8) is 0 Å². The Balaban J connectivity index is 2.07. The van der Waals surface area contributed by atoms with Crippen molar-refractivity contribution >= 4 is 34.4 Å². The third kappa shape index (κ3) is 4.01. The van der Waals surface area contributed by atoms with Gasteiger partial charge in [0.25, 0.3) is 5.91 Å². The molecule has 2 rings (SSSR count). The highest BCUT2D eigenvalue weighted by Crippen LogP contribution is 2.20. The summed E-state index contributed by atoms with van der Waals surface area (Å²) in [6, 6.07) is 6.87. The van der Waals surface area contributed by atoms with Crippen LogP contribution in [0.1, 0.15) is 37.2 Å². The second-order valence-electron chi connectivity index (χ2n) is 5.00. The number of hydrogen-bond acceptors (Lipinski definition) is 3. The average molecular weight is 323 g/mol. The standard InChI is InChI=1S/C16H19ClN2O3/c1-3-12(9-15(20)22-4-2)18-16(21)14-8-10-7-11(17)5-6-13(10)19-14/h5-8,12,19H,3-4,9H2,1-2H3,(H,18,21). The van der Waals surface area contributed by atoms with Gasteiger partial charge in [0.05, 0.1) is 13.0 Å². The molecule has 1 heterocycles. The number of esters is 1. The van der Waals surface area contributed by atoms with Gasteiger partial charge in [0.2, 0.25) is 0 Å². The summed E-state index contributed by atoms with van der Waals surface area (Å²) in [7, 11) is 0. The molecule has 0 aliphatic rings. The van der Waals surface area contributed by atoms with E-state index in [4.69, 9.17) is 16.3 Å².